The Balaban J connectivity index is 0.00000182. The molecule has 3 nitrogen and oxygen atoms in total. The van der Waals surface area contributed by atoms with Crippen molar-refractivity contribution in [2.45, 2.75) is 4.90 Å². The van der Waals surface area contributed by atoms with Gasteiger partial charge in [-0.15, -0.1) is 0 Å². The molecule has 0 bridgehead atoms. The maximum atomic E-state index is 12.8. The fourth-order valence-corrected chi connectivity index (χ4v) is 4.02. The van der Waals surface area contributed by atoms with Crippen LogP contribution in [-0.2, 0) is 10.1 Å². The van der Waals surface area contributed by atoms with Gasteiger partial charge in [0.1, 0.15) is 4.90 Å². The topological polar surface area (TPSA) is 43.4 Å². The third-order valence-electron chi connectivity index (χ3n) is 3.97. The minimum Gasteiger partial charge on any atom is -0.378 e. The van der Waals surface area contributed by atoms with Crippen molar-refractivity contribution >= 4 is 61.2 Å². The van der Waals surface area contributed by atoms with Crippen LogP contribution in [-0.4, -0.2) is 38.0 Å². The van der Waals surface area contributed by atoms with Crippen molar-refractivity contribution in [1.82, 2.24) is 0 Å². The summed E-state index contributed by atoms with van der Waals surface area (Å²) >= 11 is 0. The second kappa shape index (κ2) is 7.18. The van der Waals surface area contributed by atoms with Crippen molar-refractivity contribution in [2.75, 3.05) is 0 Å². The Labute approximate surface area is 168 Å². The molecule has 0 heterocycles. The van der Waals surface area contributed by atoms with E-state index in [1.807, 2.05) is 54.6 Å². The number of benzene rings is 4. The first-order valence-electron chi connectivity index (χ1n) is 7.55. The zero-order chi connectivity index (χ0) is 16.6. The van der Waals surface area contributed by atoms with Gasteiger partial charge in [-0.3, -0.25) is 0 Å². The van der Waals surface area contributed by atoms with Gasteiger partial charge in [-0.1, -0.05) is 72.8 Å². The maximum absolute atomic E-state index is 12.8. The first-order chi connectivity index (χ1) is 11.6. The molecule has 0 spiro atoms. The van der Waals surface area contributed by atoms with Crippen LogP contribution < -0.4 is 4.18 Å². The molecule has 0 saturated carbocycles. The largest absolute Gasteiger partial charge is 0.378 e. The molecule has 5 heteroatoms. The van der Waals surface area contributed by atoms with Crippen LogP contribution in [0.1, 0.15) is 0 Å². The Morgan fingerprint density at radius 3 is 1.84 bits per heavy atom. The maximum Gasteiger partial charge on any atom is 0.339 e. The van der Waals surface area contributed by atoms with Gasteiger partial charge in [-0.2, -0.15) is 8.42 Å². The van der Waals surface area contributed by atoms with Gasteiger partial charge in [-0.25, -0.2) is 0 Å². The van der Waals surface area contributed by atoms with Gasteiger partial charge in [0.05, 0.1) is 0 Å². The first-order valence-corrected chi connectivity index (χ1v) is 8.96. The first kappa shape index (κ1) is 18.0. The standard InChI is InChI=1S/C20H14O3S.Na/c21-24(22,20-14-6-10-16-8-2-4-12-18(16)20)23-19-13-5-9-15-7-1-3-11-17(15)19;/h1-14H;. The minimum absolute atomic E-state index is 0. The van der Waals surface area contributed by atoms with E-state index in [1.54, 1.807) is 30.3 Å². The molecule has 4 rings (SSSR count). The Hall–Kier alpha value is -1.85. The Bertz CT molecular complexity index is 1140. The van der Waals surface area contributed by atoms with E-state index in [2.05, 4.69) is 0 Å². The molecule has 0 aliphatic rings. The fourth-order valence-electron chi connectivity index (χ4n) is 2.85. The molecule has 0 fully saturated rings. The van der Waals surface area contributed by atoms with Crippen molar-refractivity contribution < 1.29 is 12.6 Å². The van der Waals surface area contributed by atoms with Gasteiger partial charge < -0.3 is 4.18 Å². The van der Waals surface area contributed by atoms with Crippen LogP contribution in [0.2, 0.25) is 0 Å². The summed E-state index contributed by atoms with van der Waals surface area (Å²) in [5.41, 5.74) is 0. The van der Waals surface area contributed by atoms with Gasteiger partial charge in [0.2, 0.25) is 0 Å². The van der Waals surface area contributed by atoms with Crippen LogP contribution in [0.3, 0.4) is 0 Å². The minimum atomic E-state index is -3.93. The molecule has 0 saturated heterocycles. The summed E-state index contributed by atoms with van der Waals surface area (Å²) < 4.78 is 31.2. The summed E-state index contributed by atoms with van der Waals surface area (Å²) in [6, 6.07) is 25.5. The van der Waals surface area contributed by atoms with E-state index in [9.17, 15) is 8.42 Å². The molecule has 4 aromatic rings. The Kier molecular flexibility index (Phi) is 5.16. The third kappa shape index (κ3) is 3.44. The van der Waals surface area contributed by atoms with E-state index < -0.39 is 10.1 Å². The van der Waals surface area contributed by atoms with E-state index >= 15 is 0 Å². The smallest absolute Gasteiger partial charge is 0.339 e. The molecule has 4 aromatic carbocycles. The monoisotopic (exact) mass is 357 g/mol. The van der Waals surface area contributed by atoms with Crippen molar-refractivity contribution in [3.8, 4) is 5.75 Å². The summed E-state index contributed by atoms with van der Waals surface area (Å²) in [6.07, 6.45) is 0. The normalized spacial score (nSPS) is 11.2. The van der Waals surface area contributed by atoms with Crippen LogP contribution in [0.4, 0.5) is 0 Å². The van der Waals surface area contributed by atoms with Gasteiger partial charge in [0.25, 0.3) is 0 Å². The molecule has 0 unspecified atom stereocenters. The quantitative estimate of drug-likeness (QED) is 0.404. The van der Waals surface area contributed by atoms with E-state index in [1.165, 1.54) is 0 Å². The summed E-state index contributed by atoms with van der Waals surface area (Å²) in [5, 5.41) is 3.22. The average Bonchev–Trinajstić information content (AvgIpc) is 2.61. The molecule has 0 aliphatic carbocycles. The number of fused-ring (bicyclic) bond motifs is 2. The zero-order valence-corrected chi connectivity index (χ0v) is 16.5. The molecule has 0 aromatic heterocycles. The number of rotatable bonds is 3. The molecule has 119 valence electrons. The van der Waals surface area contributed by atoms with E-state index in [0.717, 1.165) is 16.2 Å². The van der Waals surface area contributed by atoms with E-state index in [-0.39, 0.29) is 34.5 Å². The van der Waals surface area contributed by atoms with Gasteiger partial charge in [-0.05, 0) is 22.9 Å². The van der Waals surface area contributed by atoms with Crippen LogP contribution >= 0.6 is 0 Å². The molecular formula is C20H14NaO3S. The average molecular weight is 357 g/mol. The third-order valence-corrected chi connectivity index (χ3v) is 5.26. The summed E-state index contributed by atoms with van der Waals surface area (Å²) in [4.78, 5) is 0.175. The van der Waals surface area contributed by atoms with Crippen LogP contribution in [0.5, 0.6) is 5.75 Å². The number of hydrogen-bond acceptors (Lipinski definition) is 3. The fraction of sp³-hybridized carbons (Fsp3) is 0. The Morgan fingerprint density at radius 2 is 1.12 bits per heavy atom. The van der Waals surface area contributed by atoms with E-state index in [0.29, 0.717) is 11.1 Å². The molecule has 0 N–H and O–H groups in total. The predicted molar refractivity (Wildman–Crippen MR) is 101 cm³/mol. The molecular weight excluding hydrogens is 343 g/mol. The molecule has 0 amide bonds. The summed E-state index contributed by atoms with van der Waals surface area (Å²) in [6.45, 7) is 0. The van der Waals surface area contributed by atoms with Crippen molar-refractivity contribution in [1.29, 1.82) is 0 Å². The SMILES string of the molecule is O=S(=O)(Oc1cccc2ccccc12)c1cccc2ccccc12.[Na]. The van der Waals surface area contributed by atoms with E-state index in [4.69, 9.17) is 4.18 Å². The van der Waals surface area contributed by atoms with Gasteiger partial charge in [0, 0.05) is 40.3 Å². The molecule has 25 heavy (non-hydrogen) atoms. The van der Waals surface area contributed by atoms with Crippen LogP contribution in [0.15, 0.2) is 89.8 Å². The summed E-state index contributed by atoms with van der Waals surface area (Å²) in [7, 11) is -3.93. The second-order valence-electron chi connectivity index (χ2n) is 5.49. The van der Waals surface area contributed by atoms with Gasteiger partial charge in [0.15, 0.2) is 5.75 Å². The molecule has 1 radical (unpaired) electrons. The van der Waals surface area contributed by atoms with Crippen molar-refractivity contribution in [3.63, 3.8) is 0 Å². The second-order valence-corrected chi connectivity index (χ2v) is 7.01. The summed E-state index contributed by atoms with van der Waals surface area (Å²) in [5.74, 6) is 0.334. The van der Waals surface area contributed by atoms with Crippen LogP contribution in [0.25, 0.3) is 21.5 Å². The van der Waals surface area contributed by atoms with Crippen LogP contribution in [0, 0.1) is 0 Å². The zero-order valence-electron chi connectivity index (χ0n) is 13.7. The predicted octanol–water partition coefficient (Wildman–Crippen LogP) is 4.38. The number of hydrogen-bond donors (Lipinski definition) is 0. The van der Waals surface area contributed by atoms with Gasteiger partial charge >= 0.3 is 10.1 Å². The molecule has 0 atom stereocenters. The molecule has 0 aliphatic heterocycles. The van der Waals surface area contributed by atoms with Crippen molar-refractivity contribution in [2.24, 2.45) is 0 Å². The van der Waals surface area contributed by atoms with Crippen molar-refractivity contribution in [3.05, 3.63) is 84.9 Å². The Morgan fingerprint density at radius 1 is 0.600 bits per heavy atom.